The van der Waals surface area contributed by atoms with Crippen LogP contribution in [0.1, 0.15) is 52.4 Å². The molecule has 1 heterocycles. The number of hydrogen-bond acceptors (Lipinski definition) is 4. The third-order valence-corrected chi connectivity index (χ3v) is 6.41. The third kappa shape index (κ3) is 3.04. The van der Waals surface area contributed by atoms with Crippen LogP contribution < -0.4 is 10.6 Å². The zero-order chi connectivity index (χ0) is 17.6. The van der Waals surface area contributed by atoms with Crippen molar-refractivity contribution in [2.75, 3.05) is 5.32 Å². The molecule has 25 heavy (non-hydrogen) atoms. The first-order valence-corrected chi connectivity index (χ1v) is 9.42. The molecule has 4 aliphatic carbocycles. The molecule has 5 rings (SSSR count). The third-order valence-electron chi connectivity index (χ3n) is 6.41. The average Bonchev–Trinajstić information content (AvgIpc) is 3.03. The van der Waals surface area contributed by atoms with Crippen LogP contribution in [0.3, 0.4) is 0 Å². The van der Waals surface area contributed by atoms with Gasteiger partial charge < -0.3 is 5.32 Å². The first kappa shape index (κ1) is 16.5. The number of amides is 2. The molecule has 1 atom stereocenters. The van der Waals surface area contributed by atoms with Crippen molar-refractivity contribution in [2.24, 2.45) is 29.1 Å². The Balaban J connectivity index is 1.47. The molecule has 1 aromatic rings. The Morgan fingerprint density at radius 2 is 1.76 bits per heavy atom. The monoisotopic (exact) mass is 345 g/mol. The van der Waals surface area contributed by atoms with Crippen LogP contribution in [0.4, 0.5) is 5.95 Å². The maximum Gasteiger partial charge on any atom is 0.249 e. The van der Waals surface area contributed by atoms with Crippen LogP contribution in [0.25, 0.3) is 0 Å². The zero-order valence-electron chi connectivity index (χ0n) is 14.9. The Hall–Kier alpha value is -1.92. The fourth-order valence-corrected chi connectivity index (χ4v) is 5.68. The van der Waals surface area contributed by atoms with Crippen LogP contribution in [0.5, 0.6) is 0 Å². The molecule has 7 nitrogen and oxygen atoms in total. The number of hydrogen-bond donors (Lipinski definition) is 3. The highest BCUT2D eigenvalue weighted by molar-refractivity contribution is 5.97. The van der Waals surface area contributed by atoms with E-state index in [-0.39, 0.29) is 23.1 Å². The molecule has 7 heteroatoms. The summed E-state index contributed by atoms with van der Waals surface area (Å²) in [6, 6.07) is -0.564. The molecule has 0 unspecified atom stereocenters. The second kappa shape index (κ2) is 6.11. The van der Waals surface area contributed by atoms with Gasteiger partial charge in [-0.3, -0.25) is 14.9 Å². The fraction of sp³-hybridized carbons (Fsp3) is 0.778. The number of H-pyrrole nitrogens is 1. The summed E-state index contributed by atoms with van der Waals surface area (Å²) in [5.74, 6) is 2.26. The number of aromatic nitrogens is 3. The first-order chi connectivity index (χ1) is 11.9. The molecule has 0 spiro atoms. The van der Waals surface area contributed by atoms with E-state index in [2.05, 4.69) is 25.8 Å². The zero-order valence-corrected chi connectivity index (χ0v) is 14.9. The van der Waals surface area contributed by atoms with E-state index in [1.807, 2.05) is 13.8 Å². The molecule has 2 amide bonds. The van der Waals surface area contributed by atoms with E-state index < -0.39 is 6.04 Å². The van der Waals surface area contributed by atoms with E-state index in [0.717, 1.165) is 19.3 Å². The second-order valence-electron chi connectivity index (χ2n) is 8.72. The number of anilines is 1. The van der Waals surface area contributed by atoms with Crippen molar-refractivity contribution in [3.8, 4) is 0 Å². The van der Waals surface area contributed by atoms with Crippen LogP contribution in [0.15, 0.2) is 6.33 Å². The molecular weight excluding hydrogens is 318 g/mol. The molecule has 0 aromatic carbocycles. The Kier molecular flexibility index (Phi) is 4.04. The maximum absolute atomic E-state index is 13.2. The fourth-order valence-electron chi connectivity index (χ4n) is 5.68. The van der Waals surface area contributed by atoms with E-state index >= 15 is 0 Å². The van der Waals surface area contributed by atoms with E-state index in [9.17, 15) is 9.59 Å². The Morgan fingerprint density at radius 3 is 2.24 bits per heavy atom. The van der Waals surface area contributed by atoms with Gasteiger partial charge in [0.05, 0.1) is 0 Å². The predicted molar refractivity (Wildman–Crippen MR) is 92.4 cm³/mol. The van der Waals surface area contributed by atoms with Crippen molar-refractivity contribution in [3.63, 3.8) is 0 Å². The molecule has 136 valence electrons. The summed E-state index contributed by atoms with van der Waals surface area (Å²) >= 11 is 0. The van der Waals surface area contributed by atoms with Crippen molar-refractivity contribution in [1.82, 2.24) is 20.5 Å². The molecule has 0 radical (unpaired) electrons. The smallest absolute Gasteiger partial charge is 0.249 e. The topological polar surface area (TPSA) is 99.8 Å². The lowest BCUT2D eigenvalue weighted by Crippen LogP contribution is -2.57. The highest BCUT2D eigenvalue weighted by Gasteiger charge is 2.55. The van der Waals surface area contributed by atoms with Gasteiger partial charge in [-0.05, 0) is 62.2 Å². The summed E-state index contributed by atoms with van der Waals surface area (Å²) in [4.78, 5) is 29.7. The number of rotatable bonds is 5. The summed E-state index contributed by atoms with van der Waals surface area (Å²) in [5.41, 5.74) is -0.242. The summed E-state index contributed by atoms with van der Waals surface area (Å²) in [7, 11) is 0. The maximum atomic E-state index is 13.2. The summed E-state index contributed by atoms with van der Waals surface area (Å²) in [6.45, 7) is 3.90. The largest absolute Gasteiger partial charge is 0.344 e. The molecule has 4 saturated carbocycles. The quantitative estimate of drug-likeness (QED) is 0.761. The number of aromatic amines is 1. The van der Waals surface area contributed by atoms with Gasteiger partial charge in [0.15, 0.2) is 0 Å². The van der Waals surface area contributed by atoms with Gasteiger partial charge in [-0.2, -0.15) is 10.1 Å². The van der Waals surface area contributed by atoms with Gasteiger partial charge in [0.1, 0.15) is 12.4 Å². The average molecular weight is 345 g/mol. The lowest BCUT2D eigenvalue weighted by Gasteiger charge is -2.55. The van der Waals surface area contributed by atoms with Gasteiger partial charge in [0, 0.05) is 5.41 Å². The molecule has 1 aromatic heterocycles. The van der Waals surface area contributed by atoms with Crippen LogP contribution in [-0.4, -0.2) is 33.0 Å². The van der Waals surface area contributed by atoms with Crippen molar-refractivity contribution in [1.29, 1.82) is 0 Å². The molecular formula is C18H27N5O2. The van der Waals surface area contributed by atoms with E-state index in [0.29, 0.717) is 23.7 Å². The molecule has 4 bridgehead atoms. The van der Waals surface area contributed by atoms with Crippen LogP contribution in [0.2, 0.25) is 0 Å². The molecule has 0 saturated heterocycles. The van der Waals surface area contributed by atoms with Crippen LogP contribution in [0, 0.1) is 29.1 Å². The first-order valence-electron chi connectivity index (χ1n) is 9.42. The minimum Gasteiger partial charge on any atom is -0.344 e. The number of carbonyl (C=O) groups is 2. The van der Waals surface area contributed by atoms with Crippen LogP contribution >= 0.6 is 0 Å². The van der Waals surface area contributed by atoms with Crippen molar-refractivity contribution < 1.29 is 9.59 Å². The molecule has 3 N–H and O–H groups in total. The number of nitrogens with zero attached hydrogens (tertiary/aromatic N) is 2. The van der Waals surface area contributed by atoms with Gasteiger partial charge >= 0.3 is 0 Å². The summed E-state index contributed by atoms with van der Waals surface area (Å²) < 4.78 is 0. The van der Waals surface area contributed by atoms with Crippen LogP contribution in [-0.2, 0) is 9.59 Å². The van der Waals surface area contributed by atoms with Gasteiger partial charge in [0.2, 0.25) is 17.8 Å². The molecule has 4 fully saturated rings. The van der Waals surface area contributed by atoms with Gasteiger partial charge in [-0.1, -0.05) is 13.8 Å². The Labute approximate surface area is 147 Å². The lowest BCUT2D eigenvalue weighted by molar-refractivity contribution is -0.148. The van der Waals surface area contributed by atoms with Crippen molar-refractivity contribution in [3.05, 3.63) is 6.33 Å². The number of nitrogens with one attached hydrogen (secondary N) is 3. The van der Waals surface area contributed by atoms with Gasteiger partial charge in [0.25, 0.3) is 0 Å². The SMILES string of the molecule is CC(C)[C@H](NC(=O)C12CC3CC(CC(C3)C1)C2)C(=O)Nc1ncn[nH]1. The molecule has 4 aliphatic rings. The van der Waals surface area contributed by atoms with Gasteiger partial charge in [-0.15, -0.1) is 0 Å². The summed E-state index contributed by atoms with van der Waals surface area (Å²) in [5, 5.41) is 12.1. The van der Waals surface area contributed by atoms with E-state index in [4.69, 9.17) is 0 Å². The molecule has 0 aliphatic heterocycles. The predicted octanol–water partition coefficient (Wildman–Crippen LogP) is 2.10. The summed E-state index contributed by atoms with van der Waals surface area (Å²) in [6.07, 6.45) is 8.23. The Morgan fingerprint density at radius 1 is 1.16 bits per heavy atom. The van der Waals surface area contributed by atoms with E-state index in [1.165, 1.54) is 25.6 Å². The minimum atomic E-state index is -0.564. The highest BCUT2D eigenvalue weighted by Crippen LogP contribution is 2.60. The number of carbonyl (C=O) groups excluding carboxylic acids is 2. The van der Waals surface area contributed by atoms with Crippen molar-refractivity contribution >= 4 is 17.8 Å². The second-order valence-corrected chi connectivity index (χ2v) is 8.72. The van der Waals surface area contributed by atoms with E-state index in [1.54, 1.807) is 0 Å². The lowest BCUT2D eigenvalue weighted by atomic mass is 9.49. The standard InChI is InChI=1S/C18H27N5O2/c1-10(2)14(15(24)22-17-19-9-20-23-17)21-16(25)18-6-11-3-12(7-18)5-13(4-11)8-18/h9-14H,3-8H2,1-2H3,(H,21,25)(H2,19,20,22,23,24)/t11?,12?,13?,14-,18?/m0/s1. The highest BCUT2D eigenvalue weighted by atomic mass is 16.2. The normalized spacial score (nSPS) is 34.1. The minimum absolute atomic E-state index is 0.000726. The van der Waals surface area contributed by atoms with Crippen molar-refractivity contribution in [2.45, 2.75) is 58.4 Å². The van der Waals surface area contributed by atoms with Gasteiger partial charge in [-0.25, -0.2) is 5.10 Å². The Bertz CT molecular complexity index is 619.